The average molecular weight is 394 g/mol. The molecule has 1 atom stereocenters. The molecule has 0 amide bonds. The number of rotatable bonds is 6. The quantitative estimate of drug-likeness (QED) is 0.625. The minimum atomic E-state index is 0.130. The Hall–Kier alpha value is -3.49. The molecule has 1 aromatic carbocycles. The minimum Gasteiger partial charge on any atom is -0.467 e. The largest absolute Gasteiger partial charge is 0.467 e. The average Bonchev–Trinajstić information content (AvgIpc) is 2.80. The van der Waals surface area contributed by atoms with Gasteiger partial charge >= 0.3 is 12.0 Å². The van der Waals surface area contributed by atoms with E-state index in [1.807, 2.05) is 30.3 Å². The number of piperidine rings is 1. The molecule has 29 heavy (non-hydrogen) atoms. The molecule has 4 rings (SSSR count). The molecule has 2 aromatic heterocycles. The lowest BCUT2D eigenvalue weighted by Crippen LogP contribution is -2.36. The molecule has 3 aromatic rings. The highest BCUT2D eigenvalue weighted by Gasteiger charge is 2.28. The molecule has 1 aliphatic rings. The van der Waals surface area contributed by atoms with Crippen LogP contribution in [0.25, 0.3) is 0 Å². The van der Waals surface area contributed by atoms with E-state index in [1.165, 1.54) is 14.2 Å². The molecule has 1 unspecified atom stereocenters. The van der Waals surface area contributed by atoms with E-state index in [0.717, 1.165) is 30.8 Å². The number of ether oxygens (including phenoxy) is 3. The third-order valence-electron chi connectivity index (χ3n) is 4.69. The van der Waals surface area contributed by atoms with Gasteiger partial charge < -0.3 is 19.1 Å². The Labute approximate surface area is 168 Å². The number of benzene rings is 1. The number of anilines is 1. The third kappa shape index (κ3) is 4.34. The molecule has 0 N–H and O–H groups in total. The standard InChI is InChI=1S/C20H22N6O3/c1-27-19-23-18(24-20(25-19)28-2)26-12-6-7-14(13-26)16-17(22-11-10-21-16)29-15-8-4-3-5-9-15/h3-5,8-11,14H,6-7,12-13H2,1-2H3. The van der Waals surface area contributed by atoms with Crippen LogP contribution in [0.5, 0.6) is 23.7 Å². The summed E-state index contributed by atoms with van der Waals surface area (Å²) >= 11 is 0. The molecule has 0 aliphatic carbocycles. The maximum absolute atomic E-state index is 6.00. The lowest BCUT2D eigenvalue weighted by atomic mass is 9.95. The Balaban J connectivity index is 1.58. The van der Waals surface area contributed by atoms with Crippen LogP contribution in [0.3, 0.4) is 0 Å². The van der Waals surface area contributed by atoms with Crippen LogP contribution < -0.4 is 19.1 Å². The van der Waals surface area contributed by atoms with Crippen molar-refractivity contribution in [3.63, 3.8) is 0 Å². The van der Waals surface area contributed by atoms with Crippen molar-refractivity contribution in [2.24, 2.45) is 0 Å². The second-order valence-electron chi connectivity index (χ2n) is 6.56. The summed E-state index contributed by atoms with van der Waals surface area (Å²) in [6, 6.07) is 10.0. The van der Waals surface area contributed by atoms with Gasteiger partial charge in [0.15, 0.2) is 0 Å². The van der Waals surface area contributed by atoms with Gasteiger partial charge in [0.05, 0.1) is 14.2 Å². The first-order valence-corrected chi connectivity index (χ1v) is 9.39. The number of methoxy groups -OCH3 is 2. The Kier molecular flexibility index (Phi) is 5.64. The van der Waals surface area contributed by atoms with Crippen LogP contribution in [0, 0.1) is 0 Å². The van der Waals surface area contributed by atoms with Gasteiger partial charge in [-0.15, -0.1) is 4.98 Å². The van der Waals surface area contributed by atoms with Crippen LogP contribution in [0.4, 0.5) is 5.95 Å². The van der Waals surface area contributed by atoms with Crippen molar-refractivity contribution in [3.05, 3.63) is 48.4 Å². The number of para-hydroxylation sites is 1. The van der Waals surface area contributed by atoms with Crippen LogP contribution in [-0.4, -0.2) is 52.2 Å². The zero-order valence-corrected chi connectivity index (χ0v) is 16.4. The highest BCUT2D eigenvalue weighted by Crippen LogP contribution is 2.33. The summed E-state index contributed by atoms with van der Waals surface area (Å²) in [5, 5.41) is 0. The van der Waals surface area contributed by atoms with E-state index in [2.05, 4.69) is 29.8 Å². The number of nitrogens with zero attached hydrogens (tertiary/aromatic N) is 6. The fraction of sp³-hybridized carbons (Fsp3) is 0.350. The normalized spacial score (nSPS) is 16.3. The van der Waals surface area contributed by atoms with Gasteiger partial charge in [-0.05, 0) is 25.0 Å². The zero-order valence-electron chi connectivity index (χ0n) is 16.4. The molecular formula is C20H22N6O3. The fourth-order valence-electron chi connectivity index (χ4n) is 3.33. The first kappa shape index (κ1) is 18.9. The van der Waals surface area contributed by atoms with E-state index in [1.54, 1.807) is 12.4 Å². The molecule has 150 valence electrons. The van der Waals surface area contributed by atoms with Crippen LogP contribution in [0.2, 0.25) is 0 Å². The molecular weight excluding hydrogens is 372 g/mol. The molecule has 3 heterocycles. The summed E-state index contributed by atoms with van der Waals surface area (Å²) in [5.41, 5.74) is 0.828. The monoisotopic (exact) mass is 394 g/mol. The Morgan fingerprint density at radius 3 is 2.38 bits per heavy atom. The summed E-state index contributed by atoms with van der Waals surface area (Å²) in [4.78, 5) is 23.9. The van der Waals surface area contributed by atoms with Gasteiger partial charge in [0.25, 0.3) is 0 Å². The zero-order chi connectivity index (χ0) is 20.1. The first-order chi connectivity index (χ1) is 14.3. The van der Waals surface area contributed by atoms with Crippen LogP contribution in [0.15, 0.2) is 42.7 Å². The predicted octanol–water partition coefficient (Wildman–Crippen LogP) is 2.86. The van der Waals surface area contributed by atoms with Crippen molar-refractivity contribution in [1.82, 2.24) is 24.9 Å². The Bertz CT molecular complexity index is 934. The Morgan fingerprint density at radius 1 is 0.931 bits per heavy atom. The maximum Gasteiger partial charge on any atom is 0.324 e. The molecule has 0 bridgehead atoms. The van der Waals surface area contributed by atoms with E-state index in [9.17, 15) is 0 Å². The van der Waals surface area contributed by atoms with Crippen molar-refractivity contribution in [2.45, 2.75) is 18.8 Å². The third-order valence-corrected chi connectivity index (χ3v) is 4.69. The van der Waals surface area contributed by atoms with E-state index < -0.39 is 0 Å². The first-order valence-electron chi connectivity index (χ1n) is 9.39. The topological polar surface area (TPSA) is 95.4 Å². The van der Waals surface area contributed by atoms with Gasteiger partial charge in [0, 0.05) is 31.4 Å². The Morgan fingerprint density at radius 2 is 1.66 bits per heavy atom. The summed E-state index contributed by atoms with van der Waals surface area (Å²) in [7, 11) is 3.04. The molecule has 1 saturated heterocycles. The molecule has 1 aliphatic heterocycles. The smallest absolute Gasteiger partial charge is 0.324 e. The van der Waals surface area contributed by atoms with Crippen molar-refractivity contribution in [3.8, 4) is 23.7 Å². The van der Waals surface area contributed by atoms with E-state index in [-0.39, 0.29) is 17.9 Å². The summed E-state index contributed by atoms with van der Waals surface area (Å²) in [6.45, 7) is 1.50. The van der Waals surface area contributed by atoms with Crippen molar-refractivity contribution in [1.29, 1.82) is 0 Å². The SMILES string of the molecule is COc1nc(OC)nc(N2CCCC(c3nccnc3Oc3ccccc3)C2)n1. The highest BCUT2D eigenvalue weighted by molar-refractivity contribution is 5.37. The van der Waals surface area contributed by atoms with Crippen molar-refractivity contribution in [2.75, 3.05) is 32.2 Å². The van der Waals surface area contributed by atoms with Gasteiger partial charge in [0.1, 0.15) is 11.4 Å². The minimum absolute atomic E-state index is 0.130. The molecule has 1 fully saturated rings. The summed E-state index contributed by atoms with van der Waals surface area (Å²) in [5.74, 6) is 1.91. The van der Waals surface area contributed by atoms with Crippen LogP contribution in [0.1, 0.15) is 24.5 Å². The van der Waals surface area contributed by atoms with Gasteiger partial charge in [0.2, 0.25) is 11.8 Å². The number of aromatic nitrogens is 5. The molecule has 0 radical (unpaired) electrons. The maximum atomic E-state index is 6.00. The van der Waals surface area contributed by atoms with Gasteiger partial charge in [-0.1, -0.05) is 18.2 Å². The van der Waals surface area contributed by atoms with E-state index in [0.29, 0.717) is 18.4 Å². The van der Waals surface area contributed by atoms with Gasteiger partial charge in [-0.3, -0.25) is 4.98 Å². The second kappa shape index (κ2) is 8.68. The summed E-state index contributed by atoms with van der Waals surface area (Å²) < 4.78 is 16.4. The molecule has 9 heteroatoms. The van der Waals surface area contributed by atoms with Crippen molar-refractivity contribution < 1.29 is 14.2 Å². The van der Waals surface area contributed by atoms with E-state index in [4.69, 9.17) is 14.2 Å². The lowest BCUT2D eigenvalue weighted by molar-refractivity contribution is 0.338. The number of hydrogen-bond acceptors (Lipinski definition) is 9. The second-order valence-corrected chi connectivity index (χ2v) is 6.56. The van der Waals surface area contributed by atoms with E-state index >= 15 is 0 Å². The van der Waals surface area contributed by atoms with Gasteiger partial charge in [-0.25, -0.2) is 4.98 Å². The van der Waals surface area contributed by atoms with Crippen LogP contribution >= 0.6 is 0 Å². The molecule has 0 spiro atoms. The predicted molar refractivity (Wildman–Crippen MR) is 106 cm³/mol. The van der Waals surface area contributed by atoms with Crippen LogP contribution in [-0.2, 0) is 0 Å². The van der Waals surface area contributed by atoms with Crippen molar-refractivity contribution >= 4 is 5.95 Å². The number of hydrogen-bond donors (Lipinski definition) is 0. The van der Waals surface area contributed by atoms with Gasteiger partial charge in [-0.2, -0.15) is 9.97 Å². The highest BCUT2D eigenvalue weighted by atomic mass is 16.5. The summed E-state index contributed by atoms with van der Waals surface area (Å²) in [6.07, 6.45) is 5.27. The lowest BCUT2D eigenvalue weighted by Gasteiger charge is -2.32. The molecule has 9 nitrogen and oxygen atoms in total. The fourth-order valence-corrected chi connectivity index (χ4v) is 3.33. The molecule has 0 saturated carbocycles.